The van der Waals surface area contributed by atoms with Gasteiger partial charge in [-0.1, -0.05) is 12.1 Å². The van der Waals surface area contributed by atoms with E-state index in [1.54, 1.807) is 65.3 Å². The second-order valence-electron chi connectivity index (χ2n) is 6.79. The number of nitrogens with zero attached hydrogens (tertiary/aromatic N) is 2. The van der Waals surface area contributed by atoms with Crippen molar-refractivity contribution < 1.29 is 26.6 Å². The molecule has 3 heterocycles. The van der Waals surface area contributed by atoms with Gasteiger partial charge in [0.15, 0.2) is 0 Å². The molecule has 0 aliphatic carbocycles. The van der Waals surface area contributed by atoms with Crippen LogP contribution in [0.4, 0.5) is 0 Å². The van der Waals surface area contributed by atoms with Gasteiger partial charge in [-0.15, -0.1) is 22.7 Å². The van der Waals surface area contributed by atoms with Crippen LogP contribution in [0.3, 0.4) is 0 Å². The summed E-state index contributed by atoms with van der Waals surface area (Å²) in [6.45, 7) is 0. The third-order valence-electron chi connectivity index (χ3n) is 5.37. The second-order valence-corrected chi connectivity index (χ2v) is 16.0. The first-order valence-electron chi connectivity index (χ1n) is 9.79. The van der Waals surface area contributed by atoms with Crippen molar-refractivity contribution in [3.8, 4) is 20.9 Å². The number of hydrogen-bond acceptors (Lipinski definition) is 11. The molecule has 0 saturated carbocycles. The van der Waals surface area contributed by atoms with Crippen LogP contribution in [-0.2, 0) is 26.6 Å². The van der Waals surface area contributed by atoms with Gasteiger partial charge in [0.05, 0.1) is 20.7 Å². The second kappa shape index (κ2) is 10.1. The number of aromatic nitrogens is 2. The smallest absolute Gasteiger partial charge is 0.373 e. The Morgan fingerprint density at radius 1 is 0.545 bits per heavy atom. The maximum Gasteiger partial charge on any atom is 0.546 e. The quantitative estimate of drug-likeness (QED) is 0.284. The molecule has 0 radical (unpaired) electrons. The lowest BCUT2D eigenvalue weighted by Gasteiger charge is -2.22. The summed E-state index contributed by atoms with van der Waals surface area (Å²) in [7, 11) is 3.88. The van der Waals surface area contributed by atoms with E-state index in [4.69, 9.17) is 26.6 Å². The van der Waals surface area contributed by atoms with Crippen molar-refractivity contribution in [3.05, 3.63) is 36.4 Å². The number of fused-ring (bicyclic) bond motifs is 1. The van der Waals surface area contributed by atoms with E-state index in [-0.39, 0.29) is 0 Å². The van der Waals surface area contributed by atoms with Crippen LogP contribution in [0, 0.1) is 0 Å². The molecule has 3 aromatic heterocycles. The summed E-state index contributed by atoms with van der Waals surface area (Å²) >= 11 is 4.37. The SMILES string of the molecule is CO[Si](OC)(OC)c1ccc(-c2ccc(-c3ccc([Si](OC)(OC)OC)s3)c3nsnc23)s1. The molecule has 0 spiro atoms. The number of rotatable bonds is 10. The lowest BCUT2D eigenvalue weighted by atomic mass is 10.1. The van der Waals surface area contributed by atoms with Crippen LogP contribution in [0.25, 0.3) is 31.9 Å². The van der Waals surface area contributed by atoms with Gasteiger partial charge < -0.3 is 26.6 Å². The van der Waals surface area contributed by atoms with Crippen LogP contribution in [0.2, 0.25) is 0 Å². The van der Waals surface area contributed by atoms with E-state index in [2.05, 4.69) is 20.9 Å². The van der Waals surface area contributed by atoms with Crippen LogP contribution in [0.5, 0.6) is 0 Å². The van der Waals surface area contributed by atoms with Gasteiger partial charge >= 0.3 is 17.6 Å². The number of hydrogen-bond donors (Lipinski definition) is 0. The highest BCUT2D eigenvalue weighted by Gasteiger charge is 2.43. The maximum absolute atomic E-state index is 5.63. The van der Waals surface area contributed by atoms with Crippen molar-refractivity contribution in [2.75, 3.05) is 42.7 Å². The first-order valence-corrected chi connectivity index (χ1v) is 15.6. The molecule has 0 atom stereocenters. The molecule has 13 heteroatoms. The molecule has 0 N–H and O–H groups in total. The van der Waals surface area contributed by atoms with Gasteiger partial charge in [0, 0.05) is 63.5 Å². The van der Waals surface area contributed by atoms with E-state index in [1.165, 1.54) is 11.7 Å². The van der Waals surface area contributed by atoms with Crippen molar-refractivity contribution >= 4 is 72.0 Å². The Morgan fingerprint density at radius 2 is 0.909 bits per heavy atom. The molecule has 0 amide bonds. The lowest BCUT2D eigenvalue weighted by molar-refractivity contribution is 0.140. The van der Waals surface area contributed by atoms with E-state index in [0.29, 0.717) is 0 Å². The van der Waals surface area contributed by atoms with Crippen molar-refractivity contribution in [2.45, 2.75) is 0 Å². The molecular formula is C20H24N2O6S3Si2. The van der Waals surface area contributed by atoms with Crippen LogP contribution < -0.4 is 9.00 Å². The summed E-state index contributed by atoms with van der Waals surface area (Å²) < 4.78 is 44.9. The fourth-order valence-electron chi connectivity index (χ4n) is 3.66. The topological polar surface area (TPSA) is 81.2 Å². The third-order valence-corrected chi connectivity index (χ3v) is 14.6. The summed E-state index contributed by atoms with van der Waals surface area (Å²) in [6.07, 6.45) is 0. The fourth-order valence-corrected chi connectivity index (χ4v) is 11.7. The standard InChI is InChI=1S/C20H24N2O6S3Si2/c1-23-32(24-2,25-3)17-11-9-15(29-17)13-7-8-14(20-19(13)21-31-22-20)16-10-12-18(30-16)33(26-4,27-5)28-6/h7-12H,1-6H3. The number of benzene rings is 1. The highest BCUT2D eigenvalue weighted by Crippen LogP contribution is 2.38. The van der Waals surface area contributed by atoms with Crippen LogP contribution in [0.15, 0.2) is 36.4 Å². The van der Waals surface area contributed by atoms with Crippen molar-refractivity contribution in [1.29, 1.82) is 0 Å². The normalized spacial score (nSPS) is 12.7. The third kappa shape index (κ3) is 4.17. The van der Waals surface area contributed by atoms with E-state index in [1.807, 2.05) is 24.3 Å². The Morgan fingerprint density at radius 3 is 1.24 bits per heavy atom. The Hall–Kier alpha value is -1.37. The Kier molecular flexibility index (Phi) is 7.57. The van der Waals surface area contributed by atoms with Gasteiger partial charge in [-0.3, -0.25) is 0 Å². The summed E-state index contributed by atoms with van der Waals surface area (Å²) in [5.41, 5.74) is 3.73. The van der Waals surface area contributed by atoms with Gasteiger partial charge in [-0.2, -0.15) is 8.75 Å². The molecule has 0 fully saturated rings. The molecule has 0 aliphatic rings. The molecular weight excluding hydrogens is 517 g/mol. The number of thiophene rings is 2. The zero-order chi connectivity index (χ0) is 23.6. The van der Waals surface area contributed by atoms with Crippen molar-refractivity contribution in [2.24, 2.45) is 0 Å². The first-order chi connectivity index (χ1) is 16.0. The van der Waals surface area contributed by atoms with Crippen LogP contribution in [0.1, 0.15) is 0 Å². The lowest BCUT2D eigenvalue weighted by Crippen LogP contribution is -2.53. The predicted octanol–water partition coefficient (Wildman–Crippen LogP) is 3.32. The molecule has 0 unspecified atom stereocenters. The van der Waals surface area contributed by atoms with Crippen molar-refractivity contribution in [1.82, 2.24) is 8.75 Å². The monoisotopic (exact) mass is 540 g/mol. The maximum atomic E-state index is 5.63. The summed E-state index contributed by atoms with van der Waals surface area (Å²) in [4.78, 5) is 2.10. The van der Waals surface area contributed by atoms with Gasteiger partial charge in [-0.05, 0) is 24.3 Å². The highest BCUT2D eigenvalue weighted by atomic mass is 32.1. The molecule has 4 aromatic rings. The molecule has 4 rings (SSSR count). The van der Waals surface area contributed by atoms with E-state index >= 15 is 0 Å². The highest BCUT2D eigenvalue weighted by molar-refractivity contribution is 7.27. The zero-order valence-electron chi connectivity index (χ0n) is 19.0. The Bertz CT molecular complexity index is 1130. The van der Waals surface area contributed by atoms with E-state index < -0.39 is 17.6 Å². The molecule has 0 saturated heterocycles. The van der Waals surface area contributed by atoms with Gasteiger partial charge in [0.25, 0.3) is 0 Å². The van der Waals surface area contributed by atoms with Gasteiger partial charge in [0.1, 0.15) is 11.0 Å². The van der Waals surface area contributed by atoms with E-state index in [9.17, 15) is 0 Å². The zero-order valence-corrected chi connectivity index (χ0v) is 23.5. The first kappa shape index (κ1) is 24.7. The van der Waals surface area contributed by atoms with Crippen LogP contribution >= 0.6 is 34.4 Å². The van der Waals surface area contributed by atoms with E-state index in [0.717, 1.165) is 40.9 Å². The molecule has 33 heavy (non-hydrogen) atoms. The molecule has 1 aromatic carbocycles. The molecule has 0 aliphatic heterocycles. The van der Waals surface area contributed by atoms with Crippen LogP contribution in [-0.4, -0.2) is 69.0 Å². The largest absolute Gasteiger partial charge is 0.546 e. The summed E-state index contributed by atoms with van der Waals surface area (Å²) in [5, 5.41) is 0. The fraction of sp³-hybridized carbons (Fsp3) is 0.300. The predicted molar refractivity (Wildman–Crippen MR) is 137 cm³/mol. The van der Waals surface area contributed by atoms with Crippen molar-refractivity contribution in [3.63, 3.8) is 0 Å². The Balaban J connectivity index is 1.76. The minimum absolute atomic E-state index is 0.856. The molecule has 176 valence electrons. The molecule has 0 bridgehead atoms. The van der Waals surface area contributed by atoms with Gasteiger partial charge in [-0.25, -0.2) is 0 Å². The average molecular weight is 541 g/mol. The minimum atomic E-state index is -2.89. The Labute approximate surface area is 206 Å². The molecule has 8 nitrogen and oxygen atoms in total. The minimum Gasteiger partial charge on any atom is -0.373 e. The van der Waals surface area contributed by atoms with Gasteiger partial charge in [0.2, 0.25) is 0 Å². The summed E-state index contributed by atoms with van der Waals surface area (Å²) in [6, 6.07) is 12.3. The average Bonchev–Trinajstić information content (AvgIpc) is 3.63. The summed E-state index contributed by atoms with van der Waals surface area (Å²) in [5.74, 6) is 0.